The highest BCUT2D eigenvalue weighted by Crippen LogP contribution is 2.25. The topological polar surface area (TPSA) is 54.3 Å². The number of aryl methyl sites for hydroxylation is 2. The van der Waals surface area contributed by atoms with Crippen molar-refractivity contribution in [1.29, 1.82) is 0 Å². The van der Waals surface area contributed by atoms with Crippen LogP contribution in [-0.2, 0) is 24.7 Å². The Labute approximate surface area is 158 Å². The molecule has 2 heterocycles. The van der Waals surface area contributed by atoms with E-state index in [1.165, 1.54) is 35.7 Å². The number of fused-ring (bicyclic) bond motifs is 1. The average molecular weight is 372 g/mol. The van der Waals surface area contributed by atoms with Crippen molar-refractivity contribution in [3.63, 3.8) is 0 Å². The predicted molar refractivity (Wildman–Crippen MR) is 102 cm³/mol. The Morgan fingerprint density at radius 2 is 1.96 bits per heavy atom. The van der Waals surface area contributed by atoms with E-state index in [2.05, 4.69) is 39.4 Å². The summed E-state index contributed by atoms with van der Waals surface area (Å²) in [7, 11) is 1.90. The molecule has 6 nitrogen and oxygen atoms in total. The minimum absolute atomic E-state index is 0.201. The highest BCUT2D eigenvalue weighted by atomic mass is 32.2. The van der Waals surface area contributed by atoms with Gasteiger partial charge in [0.1, 0.15) is 6.33 Å². The van der Waals surface area contributed by atoms with Gasteiger partial charge >= 0.3 is 0 Å². The van der Waals surface area contributed by atoms with Gasteiger partial charge < -0.3 is 9.47 Å². The normalized spacial score (nSPS) is 20.8. The first kappa shape index (κ1) is 17.5. The van der Waals surface area contributed by atoms with Gasteiger partial charge in [-0.3, -0.25) is 9.69 Å². The number of thioether (sulfide) groups is 1. The minimum Gasteiger partial charge on any atom is -0.339 e. The molecule has 4 rings (SSSR count). The Hall–Kier alpha value is -1.86. The van der Waals surface area contributed by atoms with Crippen LogP contribution in [0.2, 0.25) is 0 Å². The zero-order chi connectivity index (χ0) is 17.9. The van der Waals surface area contributed by atoms with Crippen molar-refractivity contribution in [2.45, 2.75) is 30.5 Å². The molecule has 2 aliphatic rings. The number of benzene rings is 1. The fraction of sp³-hybridized carbons (Fsp3) is 0.526. The van der Waals surface area contributed by atoms with E-state index < -0.39 is 0 Å². The second-order valence-electron chi connectivity index (χ2n) is 7.10. The predicted octanol–water partition coefficient (Wildman–Crippen LogP) is 1.61. The van der Waals surface area contributed by atoms with Crippen molar-refractivity contribution in [2.75, 3.05) is 31.9 Å². The zero-order valence-corrected chi connectivity index (χ0v) is 16.0. The van der Waals surface area contributed by atoms with Gasteiger partial charge in [0.15, 0.2) is 5.16 Å². The lowest BCUT2D eigenvalue weighted by Gasteiger charge is -2.41. The molecule has 1 amide bonds. The molecule has 1 unspecified atom stereocenters. The molecule has 1 saturated heterocycles. The van der Waals surface area contributed by atoms with Crippen molar-refractivity contribution in [2.24, 2.45) is 7.05 Å². The van der Waals surface area contributed by atoms with Crippen LogP contribution in [0.5, 0.6) is 0 Å². The highest BCUT2D eigenvalue weighted by Gasteiger charge is 2.28. The van der Waals surface area contributed by atoms with Gasteiger partial charge in [0.2, 0.25) is 5.91 Å². The fourth-order valence-electron chi connectivity index (χ4n) is 3.95. The molecule has 1 aliphatic carbocycles. The molecule has 138 valence electrons. The number of carbonyl (C=O) groups is 1. The second kappa shape index (κ2) is 7.80. The number of amides is 1. The standard InChI is InChI=1S/C19H25N5OS/c1-22-14-20-21-19(22)26-13-18(25)24-10-8-23(9-11-24)17-7-6-15-4-2-3-5-16(15)12-17/h2-5,14,17H,6-13H2,1H3. The Morgan fingerprint density at radius 1 is 1.19 bits per heavy atom. The summed E-state index contributed by atoms with van der Waals surface area (Å²) in [6.07, 6.45) is 5.21. The number of piperazine rings is 1. The molecule has 0 bridgehead atoms. The first-order valence-corrected chi connectivity index (χ1v) is 10.2. The quantitative estimate of drug-likeness (QED) is 0.765. The van der Waals surface area contributed by atoms with Crippen LogP contribution < -0.4 is 0 Å². The summed E-state index contributed by atoms with van der Waals surface area (Å²) >= 11 is 1.46. The maximum absolute atomic E-state index is 12.5. The van der Waals surface area contributed by atoms with Crippen LogP contribution in [0.3, 0.4) is 0 Å². The Bertz CT molecular complexity index is 769. The van der Waals surface area contributed by atoms with E-state index in [4.69, 9.17) is 0 Å². The fourth-order valence-corrected chi connectivity index (χ4v) is 4.74. The minimum atomic E-state index is 0.201. The lowest BCUT2D eigenvalue weighted by atomic mass is 9.87. The summed E-state index contributed by atoms with van der Waals surface area (Å²) < 4.78 is 1.84. The summed E-state index contributed by atoms with van der Waals surface area (Å²) in [4.78, 5) is 17.1. The Balaban J connectivity index is 1.26. The van der Waals surface area contributed by atoms with Crippen molar-refractivity contribution >= 4 is 17.7 Å². The third kappa shape index (κ3) is 3.78. The maximum atomic E-state index is 12.5. The van der Waals surface area contributed by atoms with Crippen molar-refractivity contribution < 1.29 is 4.79 Å². The maximum Gasteiger partial charge on any atom is 0.233 e. The molecule has 7 heteroatoms. The molecule has 1 fully saturated rings. The SMILES string of the molecule is Cn1cnnc1SCC(=O)N1CCN(C2CCc3ccccc3C2)CC1. The van der Waals surface area contributed by atoms with Crippen molar-refractivity contribution in [1.82, 2.24) is 24.6 Å². The van der Waals surface area contributed by atoms with Gasteiger partial charge in [-0.2, -0.15) is 0 Å². The van der Waals surface area contributed by atoms with E-state index in [1.807, 2.05) is 16.5 Å². The summed E-state index contributed by atoms with van der Waals surface area (Å²) in [5.74, 6) is 0.634. The number of rotatable bonds is 4. The van der Waals surface area contributed by atoms with Crippen LogP contribution in [0, 0.1) is 0 Å². The molecule has 1 aromatic heterocycles. The molecule has 0 N–H and O–H groups in total. The average Bonchev–Trinajstić information content (AvgIpc) is 3.10. The summed E-state index contributed by atoms with van der Waals surface area (Å²) in [5.41, 5.74) is 3.01. The molecule has 0 spiro atoms. The van der Waals surface area contributed by atoms with Crippen LogP contribution in [0.15, 0.2) is 35.7 Å². The second-order valence-corrected chi connectivity index (χ2v) is 8.04. The van der Waals surface area contributed by atoms with Crippen LogP contribution in [0.1, 0.15) is 17.5 Å². The van der Waals surface area contributed by atoms with Gasteiger partial charge in [0, 0.05) is 39.3 Å². The first-order valence-electron chi connectivity index (χ1n) is 9.26. The Morgan fingerprint density at radius 3 is 2.69 bits per heavy atom. The van der Waals surface area contributed by atoms with E-state index in [0.29, 0.717) is 11.8 Å². The highest BCUT2D eigenvalue weighted by molar-refractivity contribution is 7.99. The van der Waals surface area contributed by atoms with Gasteiger partial charge in [-0.25, -0.2) is 0 Å². The molecule has 1 aromatic carbocycles. The van der Waals surface area contributed by atoms with Crippen LogP contribution in [0.4, 0.5) is 0 Å². The van der Waals surface area contributed by atoms with Gasteiger partial charge in [-0.05, 0) is 30.4 Å². The number of carbonyl (C=O) groups excluding carboxylic acids is 1. The van der Waals surface area contributed by atoms with E-state index in [0.717, 1.165) is 37.8 Å². The van der Waals surface area contributed by atoms with Crippen LogP contribution in [-0.4, -0.2) is 68.4 Å². The molecule has 2 aromatic rings. The first-order chi connectivity index (χ1) is 12.7. The number of hydrogen-bond donors (Lipinski definition) is 0. The van der Waals surface area contributed by atoms with E-state index >= 15 is 0 Å². The Kier molecular flexibility index (Phi) is 5.26. The number of nitrogens with zero attached hydrogens (tertiary/aromatic N) is 5. The van der Waals surface area contributed by atoms with E-state index in [1.54, 1.807) is 6.33 Å². The van der Waals surface area contributed by atoms with Gasteiger partial charge in [-0.1, -0.05) is 36.0 Å². The summed E-state index contributed by atoms with van der Waals surface area (Å²) in [6.45, 7) is 3.62. The molecule has 0 saturated carbocycles. The molecular formula is C19H25N5OS. The van der Waals surface area contributed by atoms with Gasteiger partial charge in [-0.15, -0.1) is 10.2 Å². The van der Waals surface area contributed by atoms with Crippen LogP contribution >= 0.6 is 11.8 Å². The molecule has 0 radical (unpaired) electrons. The van der Waals surface area contributed by atoms with Crippen molar-refractivity contribution in [3.05, 3.63) is 41.7 Å². The van der Waals surface area contributed by atoms with Gasteiger partial charge in [0.05, 0.1) is 5.75 Å². The molecular weight excluding hydrogens is 346 g/mol. The lowest BCUT2D eigenvalue weighted by Crippen LogP contribution is -2.53. The molecule has 1 aliphatic heterocycles. The van der Waals surface area contributed by atoms with Crippen LogP contribution in [0.25, 0.3) is 0 Å². The smallest absolute Gasteiger partial charge is 0.233 e. The molecule has 26 heavy (non-hydrogen) atoms. The monoisotopic (exact) mass is 371 g/mol. The summed E-state index contributed by atoms with van der Waals surface area (Å²) in [5, 5.41) is 8.66. The number of aromatic nitrogens is 3. The van der Waals surface area contributed by atoms with E-state index in [-0.39, 0.29) is 5.91 Å². The zero-order valence-electron chi connectivity index (χ0n) is 15.2. The lowest BCUT2D eigenvalue weighted by molar-refractivity contribution is -0.130. The van der Waals surface area contributed by atoms with Crippen molar-refractivity contribution in [3.8, 4) is 0 Å². The third-order valence-electron chi connectivity index (χ3n) is 5.50. The van der Waals surface area contributed by atoms with E-state index in [9.17, 15) is 4.79 Å². The third-order valence-corrected chi connectivity index (χ3v) is 6.52. The largest absolute Gasteiger partial charge is 0.339 e. The number of hydrogen-bond acceptors (Lipinski definition) is 5. The molecule has 1 atom stereocenters. The van der Waals surface area contributed by atoms with Gasteiger partial charge in [0.25, 0.3) is 0 Å². The summed E-state index contributed by atoms with van der Waals surface area (Å²) in [6, 6.07) is 9.44.